The quantitative estimate of drug-likeness (QED) is 0.899. The molecule has 0 unspecified atom stereocenters. The van der Waals surface area contributed by atoms with Crippen molar-refractivity contribution in [1.29, 1.82) is 0 Å². The summed E-state index contributed by atoms with van der Waals surface area (Å²) in [4.78, 5) is 3.27. The molecule has 1 aromatic carbocycles. The Labute approximate surface area is 96.7 Å². The number of aromatic nitrogens is 1. The topological polar surface area (TPSA) is 51.0 Å². The van der Waals surface area contributed by atoms with Gasteiger partial charge in [0.05, 0.1) is 17.2 Å². The third kappa shape index (κ3) is 1.75. The van der Waals surface area contributed by atoms with Crippen LogP contribution in [-0.2, 0) is 6.42 Å². The van der Waals surface area contributed by atoms with Crippen molar-refractivity contribution in [2.75, 3.05) is 13.7 Å². The minimum absolute atomic E-state index is 0.642. The van der Waals surface area contributed by atoms with E-state index in [0.717, 1.165) is 22.3 Å². The number of hydrogen-bond acceptors (Lipinski definition) is 2. The van der Waals surface area contributed by atoms with Gasteiger partial charge in [-0.1, -0.05) is 12.1 Å². The van der Waals surface area contributed by atoms with Crippen LogP contribution in [0.1, 0.15) is 5.56 Å². The highest BCUT2D eigenvalue weighted by atomic mass is 79.9. The third-order valence-electron chi connectivity index (χ3n) is 2.47. The summed E-state index contributed by atoms with van der Waals surface area (Å²) in [6.45, 7) is 0.642. The van der Waals surface area contributed by atoms with Gasteiger partial charge in [-0.05, 0) is 40.5 Å². The zero-order chi connectivity index (χ0) is 10.8. The van der Waals surface area contributed by atoms with Crippen LogP contribution in [-0.4, -0.2) is 18.6 Å². The summed E-state index contributed by atoms with van der Waals surface area (Å²) in [5, 5.41) is 1.17. The van der Waals surface area contributed by atoms with Gasteiger partial charge in [-0.2, -0.15) is 0 Å². The van der Waals surface area contributed by atoms with Gasteiger partial charge in [-0.15, -0.1) is 0 Å². The highest BCUT2D eigenvalue weighted by Crippen LogP contribution is 2.32. The van der Waals surface area contributed by atoms with Crippen LogP contribution >= 0.6 is 15.9 Å². The predicted molar refractivity (Wildman–Crippen MR) is 65.3 cm³/mol. The molecule has 15 heavy (non-hydrogen) atoms. The molecule has 3 nitrogen and oxygen atoms in total. The van der Waals surface area contributed by atoms with Gasteiger partial charge in [-0.25, -0.2) is 0 Å². The standard InChI is InChI=1S/C11H13BrN2O/c1-15-9-4-2-3-7-8(5-6-13)11(12)14-10(7)9/h2-4,14H,5-6,13H2,1H3. The van der Waals surface area contributed by atoms with Crippen molar-refractivity contribution in [3.05, 3.63) is 28.4 Å². The predicted octanol–water partition coefficient (Wildman–Crippen LogP) is 2.44. The number of nitrogens with two attached hydrogens (primary N) is 1. The van der Waals surface area contributed by atoms with Gasteiger partial charge < -0.3 is 15.5 Å². The highest BCUT2D eigenvalue weighted by molar-refractivity contribution is 9.10. The van der Waals surface area contributed by atoms with Crippen molar-refractivity contribution in [3.8, 4) is 5.75 Å². The number of H-pyrrole nitrogens is 1. The second-order valence-corrected chi connectivity index (χ2v) is 4.13. The minimum Gasteiger partial charge on any atom is -0.495 e. The fourth-order valence-corrected chi connectivity index (χ4v) is 2.38. The number of fused-ring (bicyclic) bond motifs is 1. The monoisotopic (exact) mass is 268 g/mol. The number of hydrogen-bond donors (Lipinski definition) is 2. The first-order valence-corrected chi connectivity index (χ1v) is 5.60. The Kier molecular flexibility index (Phi) is 2.98. The highest BCUT2D eigenvalue weighted by Gasteiger charge is 2.11. The van der Waals surface area contributed by atoms with E-state index < -0.39 is 0 Å². The smallest absolute Gasteiger partial charge is 0.142 e. The first kappa shape index (κ1) is 10.5. The van der Waals surface area contributed by atoms with Crippen LogP contribution in [0.2, 0.25) is 0 Å². The molecule has 1 aromatic heterocycles. The molecule has 2 aromatic rings. The molecule has 1 heterocycles. The molecule has 0 aliphatic rings. The van der Waals surface area contributed by atoms with E-state index in [-0.39, 0.29) is 0 Å². The number of benzene rings is 1. The SMILES string of the molecule is COc1cccc2c(CCN)c(Br)[nH]c12. The second kappa shape index (κ2) is 4.24. The maximum atomic E-state index is 5.58. The number of ether oxygens (including phenoxy) is 1. The van der Waals surface area contributed by atoms with Crippen LogP contribution in [0.3, 0.4) is 0 Å². The van der Waals surface area contributed by atoms with Crippen molar-refractivity contribution >= 4 is 26.8 Å². The zero-order valence-electron chi connectivity index (χ0n) is 8.51. The van der Waals surface area contributed by atoms with E-state index in [1.807, 2.05) is 12.1 Å². The van der Waals surface area contributed by atoms with Gasteiger partial charge in [0, 0.05) is 5.39 Å². The Hall–Kier alpha value is -1.000. The fourth-order valence-electron chi connectivity index (χ4n) is 1.77. The number of nitrogens with one attached hydrogen (secondary N) is 1. The Bertz CT molecular complexity index is 479. The first-order valence-electron chi connectivity index (χ1n) is 4.81. The van der Waals surface area contributed by atoms with Crippen molar-refractivity contribution in [2.24, 2.45) is 5.73 Å². The molecule has 80 valence electrons. The molecule has 0 saturated carbocycles. The van der Waals surface area contributed by atoms with Gasteiger partial charge in [0.15, 0.2) is 0 Å². The molecule has 0 fully saturated rings. The van der Waals surface area contributed by atoms with Crippen LogP contribution in [0, 0.1) is 0 Å². The Balaban J connectivity index is 2.67. The average molecular weight is 269 g/mol. The minimum atomic E-state index is 0.642. The lowest BCUT2D eigenvalue weighted by Gasteiger charge is -2.01. The Morgan fingerprint density at radius 2 is 2.27 bits per heavy atom. The molecule has 0 aliphatic heterocycles. The Morgan fingerprint density at radius 3 is 2.93 bits per heavy atom. The van der Waals surface area contributed by atoms with Gasteiger partial charge >= 0.3 is 0 Å². The number of rotatable bonds is 3. The molecule has 0 atom stereocenters. The number of aromatic amines is 1. The number of methoxy groups -OCH3 is 1. The fraction of sp³-hybridized carbons (Fsp3) is 0.273. The van der Waals surface area contributed by atoms with E-state index in [4.69, 9.17) is 10.5 Å². The van der Waals surface area contributed by atoms with Crippen LogP contribution in [0.25, 0.3) is 10.9 Å². The molecule has 0 aliphatic carbocycles. The van der Waals surface area contributed by atoms with Crippen LogP contribution in [0.5, 0.6) is 5.75 Å². The lowest BCUT2D eigenvalue weighted by molar-refractivity contribution is 0.419. The summed E-state index contributed by atoms with van der Waals surface area (Å²) in [7, 11) is 1.67. The zero-order valence-corrected chi connectivity index (χ0v) is 10.1. The number of para-hydroxylation sites is 1. The maximum absolute atomic E-state index is 5.58. The van der Waals surface area contributed by atoms with Crippen molar-refractivity contribution in [1.82, 2.24) is 4.98 Å². The van der Waals surface area contributed by atoms with Gasteiger partial charge in [0.25, 0.3) is 0 Å². The average Bonchev–Trinajstić information content (AvgIpc) is 2.56. The molecule has 2 rings (SSSR count). The van der Waals surface area contributed by atoms with E-state index >= 15 is 0 Å². The van der Waals surface area contributed by atoms with Crippen molar-refractivity contribution < 1.29 is 4.74 Å². The molecular formula is C11H13BrN2O. The normalized spacial score (nSPS) is 10.9. The summed E-state index contributed by atoms with van der Waals surface area (Å²) in [6, 6.07) is 6.00. The lowest BCUT2D eigenvalue weighted by atomic mass is 10.1. The van der Waals surface area contributed by atoms with Gasteiger partial charge in [-0.3, -0.25) is 0 Å². The molecule has 0 radical (unpaired) electrons. The van der Waals surface area contributed by atoms with Crippen LogP contribution in [0.15, 0.2) is 22.8 Å². The van der Waals surface area contributed by atoms with Crippen molar-refractivity contribution in [2.45, 2.75) is 6.42 Å². The summed E-state index contributed by atoms with van der Waals surface area (Å²) in [6.07, 6.45) is 0.855. The summed E-state index contributed by atoms with van der Waals surface area (Å²) < 4.78 is 6.28. The van der Waals surface area contributed by atoms with E-state index in [1.54, 1.807) is 7.11 Å². The van der Waals surface area contributed by atoms with Crippen LogP contribution in [0.4, 0.5) is 0 Å². The number of halogens is 1. The lowest BCUT2D eigenvalue weighted by Crippen LogP contribution is -2.02. The first-order chi connectivity index (χ1) is 7.27. The molecule has 0 saturated heterocycles. The maximum Gasteiger partial charge on any atom is 0.142 e. The molecule has 4 heteroatoms. The molecular weight excluding hydrogens is 256 g/mol. The van der Waals surface area contributed by atoms with E-state index in [1.165, 1.54) is 10.9 Å². The van der Waals surface area contributed by atoms with E-state index in [9.17, 15) is 0 Å². The molecule has 0 amide bonds. The molecule has 0 bridgehead atoms. The van der Waals surface area contributed by atoms with Gasteiger partial charge in [0.1, 0.15) is 5.75 Å². The van der Waals surface area contributed by atoms with E-state index in [2.05, 4.69) is 27.0 Å². The molecule has 3 N–H and O–H groups in total. The van der Waals surface area contributed by atoms with Crippen LogP contribution < -0.4 is 10.5 Å². The second-order valence-electron chi connectivity index (χ2n) is 3.34. The molecule has 0 spiro atoms. The summed E-state index contributed by atoms with van der Waals surface area (Å²) in [5.74, 6) is 0.858. The van der Waals surface area contributed by atoms with Gasteiger partial charge in [0.2, 0.25) is 0 Å². The Morgan fingerprint density at radius 1 is 1.47 bits per heavy atom. The van der Waals surface area contributed by atoms with E-state index in [0.29, 0.717) is 6.54 Å². The summed E-state index contributed by atoms with van der Waals surface area (Å²) >= 11 is 3.51. The van der Waals surface area contributed by atoms with Crippen molar-refractivity contribution in [3.63, 3.8) is 0 Å². The third-order valence-corrected chi connectivity index (χ3v) is 3.14. The largest absolute Gasteiger partial charge is 0.495 e. The summed E-state index contributed by atoms with van der Waals surface area (Å²) in [5.41, 5.74) is 7.82.